The lowest BCUT2D eigenvalue weighted by Gasteiger charge is -2.09. The topological polar surface area (TPSA) is 9.23 Å². The van der Waals surface area contributed by atoms with Crippen molar-refractivity contribution in [3.8, 4) is 0 Å². The average molecular weight is 188 g/mol. The van der Waals surface area contributed by atoms with Crippen LogP contribution in [0.5, 0.6) is 0 Å². The number of fused-ring (bicyclic) bond motifs is 1. The van der Waals surface area contributed by atoms with Crippen molar-refractivity contribution in [1.29, 1.82) is 0 Å². The van der Waals surface area contributed by atoms with Gasteiger partial charge in [-0.3, -0.25) is 0 Å². The van der Waals surface area contributed by atoms with E-state index in [2.05, 4.69) is 24.3 Å². The van der Waals surface area contributed by atoms with E-state index in [1.165, 1.54) is 24.0 Å². The van der Waals surface area contributed by atoms with Gasteiger partial charge in [0.15, 0.2) is 0 Å². The maximum atomic E-state index is 5.91. The molecule has 0 radical (unpaired) electrons. The number of hydrogen-bond donors (Lipinski definition) is 0. The zero-order chi connectivity index (χ0) is 9.38. The molecule has 0 saturated heterocycles. The molecule has 1 aromatic carbocycles. The molecule has 0 aromatic heterocycles. The van der Waals surface area contributed by atoms with E-state index in [4.69, 9.17) is 4.74 Å². The monoisotopic (exact) mass is 188 g/mol. The van der Waals surface area contributed by atoms with E-state index in [1.807, 2.05) is 0 Å². The van der Waals surface area contributed by atoms with E-state index in [1.54, 1.807) is 0 Å². The minimum Gasteiger partial charge on any atom is -0.377 e. The molecule has 2 aliphatic rings. The highest BCUT2D eigenvalue weighted by atomic mass is 16.5. The molecule has 14 heavy (non-hydrogen) atoms. The van der Waals surface area contributed by atoms with Gasteiger partial charge in [0.1, 0.15) is 0 Å². The third-order valence-corrected chi connectivity index (χ3v) is 3.28. The highest BCUT2D eigenvalue weighted by Crippen LogP contribution is 2.31. The lowest BCUT2D eigenvalue weighted by molar-refractivity contribution is 0.0532. The Morgan fingerprint density at radius 2 is 1.71 bits per heavy atom. The van der Waals surface area contributed by atoms with Gasteiger partial charge in [0.2, 0.25) is 0 Å². The molecule has 74 valence electrons. The molecule has 1 aromatic rings. The Morgan fingerprint density at radius 1 is 1.07 bits per heavy atom. The molecular weight excluding hydrogens is 172 g/mol. The Bertz CT molecular complexity index is 303. The number of benzene rings is 1. The molecule has 0 bridgehead atoms. The van der Waals surface area contributed by atoms with Gasteiger partial charge < -0.3 is 4.74 Å². The van der Waals surface area contributed by atoms with Crippen molar-refractivity contribution in [3.63, 3.8) is 0 Å². The van der Waals surface area contributed by atoms with Crippen molar-refractivity contribution in [2.24, 2.45) is 5.92 Å². The van der Waals surface area contributed by atoms with Gasteiger partial charge in [-0.25, -0.2) is 0 Å². The second-order valence-electron chi connectivity index (χ2n) is 4.58. The van der Waals surface area contributed by atoms with E-state index in [9.17, 15) is 0 Å². The standard InChI is InChI=1S/C13H16O/c1-2-4-12-8-13(7-11(12)3-1)14-9-10-5-6-10/h1-4,10,13H,5-9H2. The molecule has 0 spiro atoms. The van der Waals surface area contributed by atoms with Gasteiger partial charge in [-0.2, -0.15) is 0 Å². The van der Waals surface area contributed by atoms with Crippen LogP contribution in [0.4, 0.5) is 0 Å². The maximum Gasteiger partial charge on any atom is 0.0656 e. The predicted octanol–water partition coefficient (Wildman–Crippen LogP) is 2.58. The van der Waals surface area contributed by atoms with Crippen LogP contribution in [0.15, 0.2) is 24.3 Å². The van der Waals surface area contributed by atoms with Crippen LogP contribution < -0.4 is 0 Å². The van der Waals surface area contributed by atoms with Crippen molar-refractivity contribution < 1.29 is 4.74 Å². The van der Waals surface area contributed by atoms with Crippen molar-refractivity contribution in [2.45, 2.75) is 31.8 Å². The first-order chi connectivity index (χ1) is 6.92. The van der Waals surface area contributed by atoms with E-state index in [0.717, 1.165) is 25.4 Å². The summed E-state index contributed by atoms with van der Waals surface area (Å²) in [6.45, 7) is 0.999. The van der Waals surface area contributed by atoms with Crippen molar-refractivity contribution >= 4 is 0 Å². The lowest BCUT2D eigenvalue weighted by Crippen LogP contribution is -2.14. The number of rotatable bonds is 3. The summed E-state index contributed by atoms with van der Waals surface area (Å²) in [7, 11) is 0. The Morgan fingerprint density at radius 3 is 2.29 bits per heavy atom. The number of ether oxygens (including phenoxy) is 1. The second kappa shape index (κ2) is 3.39. The first-order valence-corrected chi connectivity index (χ1v) is 5.60. The summed E-state index contributed by atoms with van der Waals surface area (Å²) >= 11 is 0. The molecule has 0 atom stereocenters. The van der Waals surface area contributed by atoms with E-state index in [-0.39, 0.29) is 0 Å². The maximum absolute atomic E-state index is 5.91. The Balaban J connectivity index is 1.60. The van der Waals surface area contributed by atoms with Gasteiger partial charge in [-0.05, 0) is 42.7 Å². The smallest absolute Gasteiger partial charge is 0.0656 e. The summed E-state index contributed by atoms with van der Waals surface area (Å²) in [4.78, 5) is 0. The molecule has 0 amide bonds. The zero-order valence-electron chi connectivity index (χ0n) is 8.41. The van der Waals surface area contributed by atoms with Crippen molar-refractivity contribution in [3.05, 3.63) is 35.4 Å². The van der Waals surface area contributed by atoms with Crippen LogP contribution in [0.2, 0.25) is 0 Å². The predicted molar refractivity (Wildman–Crippen MR) is 56.3 cm³/mol. The Hall–Kier alpha value is -0.820. The Kier molecular flexibility index (Phi) is 2.06. The summed E-state index contributed by atoms with van der Waals surface area (Å²) < 4.78 is 5.91. The quantitative estimate of drug-likeness (QED) is 0.708. The van der Waals surface area contributed by atoms with E-state index < -0.39 is 0 Å². The summed E-state index contributed by atoms with van der Waals surface area (Å²) in [6.07, 6.45) is 5.50. The van der Waals surface area contributed by atoms with Crippen LogP contribution in [0, 0.1) is 5.92 Å². The molecule has 0 heterocycles. The first-order valence-electron chi connectivity index (χ1n) is 5.60. The van der Waals surface area contributed by atoms with Gasteiger partial charge in [0, 0.05) is 6.61 Å². The highest BCUT2D eigenvalue weighted by molar-refractivity contribution is 5.32. The molecule has 1 saturated carbocycles. The number of hydrogen-bond acceptors (Lipinski definition) is 1. The lowest BCUT2D eigenvalue weighted by atomic mass is 10.1. The molecule has 0 aliphatic heterocycles. The molecular formula is C13H16O. The third-order valence-electron chi connectivity index (χ3n) is 3.28. The van der Waals surface area contributed by atoms with Crippen LogP contribution in [-0.2, 0) is 17.6 Å². The summed E-state index contributed by atoms with van der Waals surface area (Å²) in [5, 5.41) is 0. The molecule has 2 aliphatic carbocycles. The Labute approximate surface area is 85.1 Å². The van der Waals surface area contributed by atoms with E-state index in [0.29, 0.717) is 6.10 Å². The molecule has 1 fully saturated rings. The van der Waals surface area contributed by atoms with Gasteiger partial charge >= 0.3 is 0 Å². The fourth-order valence-electron chi connectivity index (χ4n) is 2.19. The largest absolute Gasteiger partial charge is 0.377 e. The van der Waals surface area contributed by atoms with Crippen LogP contribution >= 0.6 is 0 Å². The van der Waals surface area contributed by atoms with Crippen LogP contribution in [0.3, 0.4) is 0 Å². The van der Waals surface area contributed by atoms with Crippen LogP contribution in [0.25, 0.3) is 0 Å². The van der Waals surface area contributed by atoms with Gasteiger partial charge in [0.25, 0.3) is 0 Å². The summed E-state index contributed by atoms with van der Waals surface area (Å²) in [5.74, 6) is 0.888. The van der Waals surface area contributed by atoms with Crippen molar-refractivity contribution in [1.82, 2.24) is 0 Å². The fraction of sp³-hybridized carbons (Fsp3) is 0.538. The van der Waals surface area contributed by atoms with Gasteiger partial charge in [-0.15, -0.1) is 0 Å². The average Bonchev–Trinajstić information content (AvgIpc) is 2.94. The summed E-state index contributed by atoms with van der Waals surface area (Å²) in [6, 6.07) is 8.72. The third kappa shape index (κ3) is 1.69. The van der Waals surface area contributed by atoms with Gasteiger partial charge in [-0.1, -0.05) is 24.3 Å². The minimum atomic E-state index is 0.466. The highest BCUT2D eigenvalue weighted by Gasteiger charge is 2.26. The molecule has 1 heteroatoms. The zero-order valence-corrected chi connectivity index (χ0v) is 8.41. The second-order valence-corrected chi connectivity index (χ2v) is 4.58. The summed E-state index contributed by atoms with van der Waals surface area (Å²) in [5.41, 5.74) is 2.99. The molecule has 0 unspecified atom stereocenters. The molecule has 1 nitrogen and oxygen atoms in total. The van der Waals surface area contributed by atoms with Crippen LogP contribution in [-0.4, -0.2) is 12.7 Å². The fourth-order valence-corrected chi connectivity index (χ4v) is 2.19. The van der Waals surface area contributed by atoms with E-state index >= 15 is 0 Å². The van der Waals surface area contributed by atoms with Gasteiger partial charge in [0.05, 0.1) is 6.10 Å². The molecule has 0 N–H and O–H groups in total. The minimum absolute atomic E-state index is 0.466. The van der Waals surface area contributed by atoms with Crippen molar-refractivity contribution in [2.75, 3.05) is 6.61 Å². The van der Waals surface area contributed by atoms with Crippen LogP contribution in [0.1, 0.15) is 24.0 Å². The molecule has 3 rings (SSSR count). The normalized spacial score (nSPS) is 21.1. The SMILES string of the molecule is c1ccc2c(c1)CC(OCC1CC1)C2. The first kappa shape index (κ1) is 8.49.